The van der Waals surface area contributed by atoms with Gasteiger partial charge in [0.15, 0.2) is 11.5 Å². The van der Waals surface area contributed by atoms with Crippen molar-refractivity contribution in [1.82, 2.24) is 0 Å². The molecular weight excluding hydrogens is 202 g/mol. The lowest BCUT2D eigenvalue weighted by molar-refractivity contribution is 0.0601. The minimum Gasteiger partial charge on any atom is -0.504 e. The minimum absolute atomic E-state index is 0.0300. The third kappa shape index (κ3) is 1.30. The number of carbonyl (C=O) groups excluding carboxylic acids is 1. The van der Waals surface area contributed by atoms with E-state index in [2.05, 4.69) is 4.74 Å². The molecule has 0 saturated heterocycles. The normalized spacial score (nSPS) is 12.6. The van der Waals surface area contributed by atoms with E-state index in [1.54, 1.807) is 0 Å². The Morgan fingerprint density at radius 1 is 1.53 bits per heavy atom. The molecule has 6 heteroatoms. The number of nitrogens with two attached hydrogens (primary N) is 1. The summed E-state index contributed by atoms with van der Waals surface area (Å²) >= 11 is 0. The number of hydrogen-bond donors (Lipinski definition) is 2. The first kappa shape index (κ1) is 9.45. The summed E-state index contributed by atoms with van der Waals surface area (Å²) in [7, 11) is 1.23. The van der Waals surface area contributed by atoms with Crippen molar-refractivity contribution in [3.63, 3.8) is 0 Å². The van der Waals surface area contributed by atoms with Crippen LogP contribution in [0.2, 0.25) is 0 Å². The molecule has 0 aromatic heterocycles. The number of aromatic hydroxyl groups is 1. The van der Waals surface area contributed by atoms with Crippen LogP contribution in [-0.2, 0) is 4.74 Å². The first-order valence-electron chi connectivity index (χ1n) is 4.14. The maximum Gasteiger partial charge on any atom is 0.340 e. The highest BCUT2D eigenvalue weighted by Gasteiger charge is 2.26. The molecule has 2 rings (SSSR count). The maximum absolute atomic E-state index is 11.3. The first-order valence-corrected chi connectivity index (χ1v) is 4.14. The van der Waals surface area contributed by atoms with Gasteiger partial charge in [-0.1, -0.05) is 0 Å². The fraction of sp³-hybridized carbons (Fsp3) is 0.222. The molecule has 1 aliphatic rings. The average Bonchev–Trinajstić information content (AvgIpc) is 2.71. The number of benzene rings is 1. The molecule has 0 unspecified atom stereocenters. The fourth-order valence-corrected chi connectivity index (χ4v) is 1.35. The summed E-state index contributed by atoms with van der Waals surface area (Å²) in [6.45, 7) is -0.0300. The molecule has 0 bridgehead atoms. The molecule has 0 atom stereocenters. The minimum atomic E-state index is -0.638. The van der Waals surface area contributed by atoms with Crippen molar-refractivity contribution in [3.05, 3.63) is 11.6 Å². The van der Waals surface area contributed by atoms with Crippen LogP contribution in [0.15, 0.2) is 6.07 Å². The Hall–Kier alpha value is -2.11. The van der Waals surface area contributed by atoms with Crippen molar-refractivity contribution in [1.29, 1.82) is 0 Å². The van der Waals surface area contributed by atoms with Crippen LogP contribution in [0, 0.1) is 0 Å². The van der Waals surface area contributed by atoms with Crippen LogP contribution in [0.5, 0.6) is 17.2 Å². The smallest absolute Gasteiger partial charge is 0.340 e. The Morgan fingerprint density at radius 2 is 2.20 bits per heavy atom. The summed E-state index contributed by atoms with van der Waals surface area (Å²) < 4.78 is 14.5. The molecule has 0 fully saturated rings. The Balaban J connectivity index is 2.59. The molecule has 6 nitrogen and oxygen atoms in total. The second kappa shape index (κ2) is 3.23. The summed E-state index contributed by atoms with van der Waals surface area (Å²) in [4.78, 5) is 11.3. The fourth-order valence-electron chi connectivity index (χ4n) is 1.35. The van der Waals surface area contributed by atoms with E-state index in [1.165, 1.54) is 13.2 Å². The van der Waals surface area contributed by atoms with Gasteiger partial charge in [-0.3, -0.25) is 0 Å². The highest BCUT2D eigenvalue weighted by molar-refractivity contribution is 5.98. The molecule has 0 saturated carbocycles. The van der Waals surface area contributed by atoms with Crippen LogP contribution >= 0.6 is 0 Å². The van der Waals surface area contributed by atoms with Crippen molar-refractivity contribution in [2.24, 2.45) is 0 Å². The zero-order valence-corrected chi connectivity index (χ0v) is 7.94. The zero-order chi connectivity index (χ0) is 11.0. The second-order valence-electron chi connectivity index (χ2n) is 2.91. The molecule has 1 aromatic carbocycles. The third-order valence-corrected chi connectivity index (χ3v) is 2.07. The second-order valence-corrected chi connectivity index (χ2v) is 2.91. The Morgan fingerprint density at radius 3 is 2.87 bits per heavy atom. The van der Waals surface area contributed by atoms with E-state index in [-0.39, 0.29) is 35.3 Å². The molecule has 1 aromatic rings. The van der Waals surface area contributed by atoms with Gasteiger partial charge in [0.1, 0.15) is 0 Å². The van der Waals surface area contributed by atoms with Gasteiger partial charge in [-0.15, -0.1) is 0 Å². The summed E-state index contributed by atoms with van der Waals surface area (Å²) in [6.07, 6.45) is 0. The number of anilines is 1. The lowest BCUT2D eigenvalue weighted by Crippen LogP contribution is -2.06. The van der Waals surface area contributed by atoms with Gasteiger partial charge >= 0.3 is 5.97 Å². The Labute approximate surface area is 85.2 Å². The van der Waals surface area contributed by atoms with Crippen LogP contribution in [0.1, 0.15) is 10.4 Å². The quantitative estimate of drug-likeness (QED) is 0.399. The number of carbonyl (C=O) groups is 1. The lowest BCUT2D eigenvalue weighted by Gasteiger charge is -2.07. The monoisotopic (exact) mass is 211 g/mol. The number of esters is 1. The summed E-state index contributed by atoms with van der Waals surface area (Å²) in [5, 5.41) is 9.51. The summed E-state index contributed by atoms with van der Waals surface area (Å²) in [6, 6.07) is 1.19. The number of rotatable bonds is 1. The molecular formula is C9H9NO5. The zero-order valence-electron chi connectivity index (χ0n) is 7.94. The highest BCUT2D eigenvalue weighted by atomic mass is 16.7. The summed E-state index contributed by atoms with van der Waals surface area (Å²) in [5.41, 5.74) is 5.82. The van der Waals surface area contributed by atoms with Gasteiger partial charge in [-0.2, -0.15) is 0 Å². The van der Waals surface area contributed by atoms with Crippen molar-refractivity contribution >= 4 is 11.7 Å². The highest BCUT2D eigenvalue weighted by Crippen LogP contribution is 2.46. The van der Waals surface area contributed by atoms with Crippen molar-refractivity contribution in [3.8, 4) is 17.2 Å². The van der Waals surface area contributed by atoms with E-state index in [0.717, 1.165) is 0 Å². The van der Waals surface area contributed by atoms with Crippen LogP contribution < -0.4 is 15.2 Å². The molecule has 15 heavy (non-hydrogen) atoms. The van der Waals surface area contributed by atoms with Crippen LogP contribution in [-0.4, -0.2) is 25.0 Å². The standard InChI is InChI=1S/C9H9NO5/c1-13-9(12)4-2-5(11)7-8(6(4)10)15-3-14-7/h2,11H,3,10H2,1H3. The van der Waals surface area contributed by atoms with Crippen LogP contribution in [0.25, 0.3) is 0 Å². The number of phenolic OH excluding ortho intramolecular Hbond substituents is 1. The van der Waals surface area contributed by atoms with E-state index < -0.39 is 5.97 Å². The molecule has 0 spiro atoms. The van der Waals surface area contributed by atoms with E-state index in [4.69, 9.17) is 15.2 Å². The van der Waals surface area contributed by atoms with Gasteiger partial charge in [-0.05, 0) is 0 Å². The van der Waals surface area contributed by atoms with Crippen molar-refractivity contribution in [2.75, 3.05) is 19.6 Å². The molecule has 1 heterocycles. The van der Waals surface area contributed by atoms with Gasteiger partial charge in [-0.25, -0.2) is 4.79 Å². The molecule has 0 radical (unpaired) electrons. The van der Waals surface area contributed by atoms with Gasteiger partial charge in [0.25, 0.3) is 0 Å². The summed E-state index contributed by atoms with van der Waals surface area (Å²) in [5.74, 6) is -0.506. The number of ether oxygens (including phenoxy) is 3. The lowest BCUT2D eigenvalue weighted by atomic mass is 10.1. The number of fused-ring (bicyclic) bond motifs is 1. The topological polar surface area (TPSA) is 91.0 Å². The Kier molecular flexibility index (Phi) is 2.03. The predicted octanol–water partition coefficient (Wildman–Crippen LogP) is 0.490. The number of nitrogen functional groups attached to an aromatic ring is 1. The molecule has 1 aliphatic heterocycles. The molecule has 0 aliphatic carbocycles. The van der Waals surface area contributed by atoms with Crippen molar-refractivity contribution < 1.29 is 24.1 Å². The van der Waals surface area contributed by atoms with E-state index >= 15 is 0 Å². The van der Waals surface area contributed by atoms with E-state index in [0.29, 0.717) is 0 Å². The molecule has 3 N–H and O–H groups in total. The average molecular weight is 211 g/mol. The first-order chi connectivity index (χ1) is 7.15. The SMILES string of the molecule is COC(=O)c1cc(O)c2c(c1N)OCO2. The van der Waals surface area contributed by atoms with Gasteiger partial charge in [0, 0.05) is 6.07 Å². The third-order valence-electron chi connectivity index (χ3n) is 2.07. The Bertz CT molecular complexity index is 429. The van der Waals surface area contributed by atoms with Gasteiger partial charge in [0.2, 0.25) is 12.5 Å². The molecule has 0 amide bonds. The van der Waals surface area contributed by atoms with Crippen LogP contribution in [0.4, 0.5) is 5.69 Å². The van der Waals surface area contributed by atoms with Crippen molar-refractivity contribution in [2.45, 2.75) is 0 Å². The van der Waals surface area contributed by atoms with E-state index in [1.807, 2.05) is 0 Å². The van der Waals surface area contributed by atoms with Gasteiger partial charge in [0.05, 0.1) is 18.4 Å². The predicted molar refractivity (Wildman–Crippen MR) is 50.0 cm³/mol. The van der Waals surface area contributed by atoms with Gasteiger partial charge < -0.3 is 25.1 Å². The number of hydrogen-bond acceptors (Lipinski definition) is 6. The molecule has 80 valence electrons. The largest absolute Gasteiger partial charge is 0.504 e. The number of methoxy groups -OCH3 is 1. The number of phenols is 1. The maximum atomic E-state index is 11.3. The van der Waals surface area contributed by atoms with Crippen LogP contribution in [0.3, 0.4) is 0 Å². The van der Waals surface area contributed by atoms with E-state index in [9.17, 15) is 9.90 Å².